The Morgan fingerprint density at radius 3 is 2.58 bits per heavy atom. The quantitative estimate of drug-likeness (QED) is 0.835. The summed E-state index contributed by atoms with van der Waals surface area (Å²) < 4.78 is 1.86. The molecule has 2 saturated heterocycles. The van der Waals surface area contributed by atoms with Gasteiger partial charge in [-0.1, -0.05) is 11.3 Å². The zero-order chi connectivity index (χ0) is 16.5. The van der Waals surface area contributed by atoms with E-state index in [0.717, 1.165) is 67.9 Å². The lowest BCUT2D eigenvalue weighted by atomic mass is 10.1. The molecule has 0 radical (unpaired) electrons. The molecule has 2 aliphatic heterocycles. The molecule has 0 N–H and O–H groups in total. The molecule has 0 aromatic carbocycles. The van der Waals surface area contributed by atoms with Crippen LogP contribution in [0.4, 0.5) is 5.13 Å². The Bertz CT molecular complexity index is 680. The number of anilines is 1. The van der Waals surface area contributed by atoms with Crippen LogP contribution in [-0.2, 0) is 4.79 Å². The molecule has 2 fully saturated rings. The van der Waals surface area contributed by atoms with Gasteiger partial charge in [0, 0.05) is 39.3 Å². The number of carbonyl (C=O) groups excluding carboxylic acids is 1. The van der Waals surface area contributed by atoms with Gasteiger partial charge in [-0.05, 0) is 26.2 Å². The molecule has 0 spiro atoms. The Balaban J connectivity index is 1.31. The van der Waals surface area contributed by atoms with E-state index in [4.69, 9.17) is 0 Å². The topological polar surface area (TPSA) is 57.0 Å². The Morgan fingerprint density at radius 1 is 1.12 bits per heavy atom. The molecule has 8 heteroatoms. The number of carbonyl (C=O) groups is 1. The number of aromatic nitrogens is 3. The van der Waals surface area contributed by atoms with Crippen molar-refractivity contribution in [3.63, 3.8) is 0 Å². The van der Waals surface area contributed by atoms with Gasteiger partial charge in [0.15, 0.2) is 0 Å². The first-order valence-corrected chi connectivity index (χ1v) is 9.58. The number of fused-ring (bicyclic) bond motifs is 1. The molecule has 7 nitrogen and oxygen atoms in total. The van der Waals surface area contributed by atoms with E-state index in [0.29, 0.717) is 12.5 Å². The van der Waals surface area contributed by atoms with Crippen LogP contribution in [0.15, 0.2) is 6.20 Å². The third kappa shape index (κ3) is 3.25. The minimum absolute atomic E-state index is 0.298. The van der Waals surface area contributed by atoms with Gasteiger partial charge in [0.2, 0.25) is 16.0 Å². The van der Waals surface area contributed by atoms with Gasteiger partial charge in [-0.3, -0.25) is 9.69 Å². The second-order valence-corrected chi connectivity index (χ2v) is 7.63. The van der Waals surface area contributed by atoms with Crippen molar-refractivity contribution in [2.75, 3.05) is 50.7 Å². The first-order valence-electron chi connectivity index (χ1n) is 8.77. The fourth-order valence-corrected chi connectivity index (χ4v) is 4.44. The molecule has 2 aliphatic rings. The highest BCUT2D eigenvalue weighted by Gasteiger charge is 2.24. The molecular weight excluding hydrogens is 324 g/mol. The summed E-state index contributed by atoms with van der Waals surface area (Å²) in [5.41, 5.74) is 1.00. The monoisotopic (exact) mass is 348 g/mol. The Labute approximate surface area is 145 Å². The fourth-order valence-electron chi connectivity index (χ4n) is 3.46. The van der Waals surface area contributed by atoms with Crippen LogP contribution in [0.2, 0.25) is 0 Å². The third-order valence-electron chi connectivity index (χ3n) is 4.86. The van der Waals surface area contributed by atoms with Crippen LogP contribution in [0.3, 0.4) is 0 Å². The van der Waals surface area contributed by atoms with Crippen LogP contribution in [0.5, 0.6) is 0 Å². The first kappa shape index (κ1) is 15.8. The van der Waals surface area contributed by atoms with E-state index < -0.39 is 0 Å². The summed E-state index contributed by atoms with van der Waals surface area (Å²) in [6.07, 6.45) is 5.54. The van der Waals surface area contributed by atoms with Crippen molar-refractivity contribution >= 4 is 27.3 Å². The molecule has 2 aromatic heterocycles. The molecule has 0 saturated carbocycles. The van der Waals surface area contributed by atoms with Crippen LogP contribution in [0.1, 0.15) is 25.0 Å². The highest BCUT2D eigenvalue weighted by atomic mass is 32.1. The van der Waals surface area contributed by atoms with Crippen molar-refractivity contribution in [3.8, 4) is 0 Å². The predicted octanol–water partition coefficient (Wildman–Crippen LogP) is 1.23. The van der Waals surface area contributed by atoms with E-state index in [-0.39, 0.29) is 0 Å². The summed E-state index contributed by atoms with van der Waals surface area (Å²) in [4.78, 5) is 24.4. The van der Waals surface area contributed by atoms with Crippen LogP contribution in [-0.4, -0.2) is 76.1 Å². The third-order valence-corrected chi connectivity index (χ3v) is 5.85. The van der Waals surface area contributed by atoms with E-state index in [1.165, 1.54) is 6.42 Å². The molecule has 2 aromatic rings. The maximum atomic E-state index is 12.4. The molecule has 24 heavy (non-hydrogen) atoms. The van der Waals surface area contributed by atoms with Gasteiger partial charge in [-0.15, -0.1) is 5.10 Å². The van der Waals surface area contributed by atoms with Gasteiger partial charge >= 0.3 is 0 Å². The van der Waals surface area contributed by atoms with Crippen molar-refractivity contribution < 1.29 is 4.79 Å². The number of likely N-dealkylation sites (tertiary alicyclic amines) is 1. The molecule has 0 atom stereocenters. The molecule has 4 rings (SSSR count). The van der Waals surface area contributed by atoms with Gasteiger partial charge in [-0.2, -0.15) is 0 Å². The zero-order valence-electron chi connectivity index (χ0n) is 14.1. The highest BCUT2D eigenvalue weighted by Crippen LogP contribution is 2.24. The second-order valence-electron chi connectivity index (χ2n) is 6.70. The lowest BCUT2D eigenvalue weighted by molar-refractivity contribution is -0.133. The first-order chi connectivity index (χ1) is 11.7. The normalized spacial score (nSPS) is 20.0. The van der Waals surface area contributed by atoms with Crippen LogP contribution in [0.25, 0.3) is 4.96 Å². The van der Waals surface area contributed by atoms with E-state index in [2.05, 4.69) is 19.9 Å². The summed E-state index contributed by atoms with van der Waals surface area (Å²) in [7, 11) is 0. The SMILES string of the molecule is Cc1cn2nc(N3CCN(CC(=O)N4CCCCC4)CC3)sc2n1. The number of rotatable bonds is 3. The van der Waals surface area contributed by atoms with Crippen LogP contribution >= 0.6 is 11.3 Å². The molecule has 1 amide bonds. The number of amides is 1. The predicted molar refractivity (Wildman–Crippen MR) is 94.7 cm³/mol. The van der Waals surface area contributed by atoms with Gasteiger partial charge < -0.3 is 9.80 Å². The summed E-state index contributed by atoms with van der Waals surface area (Å²) in [6.45, 7) is 8.11. The van der Waals surface area contributed by atoms with E-state index in [9.17, 15) is 4.79 Å². The lowest BCUT2D eigenvalue weighted by Gasteiger charge is -2.35. The van der Waals surface area contributed by atoms with Crippen LogP contribution < -0.4 is 4.90 Å². The van der Waals surface area contributed by atoms with E-state index in [1.54, 1.807) is 11.3 Å². The molecule has 0 unspecified atom stereocenters. The number of piperazine rings is 1. The highest BCUT2D eigenvalue weighted by molar-refractivity contribution is 7.20. The lowest BCUT2D eigenvalue weighted by Crippen LogP contribution is -2.50. The zero-order valence-corrected chi connectivity index (χ0v) is 15.0. The molecule has 0 aliphatic carbocycles. The minimum atomic E-state index is 0.298. The van der Waals surface area contributed by atoms with Gasteiger partial charge in [0.05, 0.1) is 18.4 Å². The number of piperidine rings is 1. The second kappa shape index (κ2) is 6.68. The summed E-state index contributed by atoms with van der Waals surface area (Å²) in [5, 5.41) is 5.65. The van der Waals surface area contributed by atoms with Crippen LogP contribution in [0, 0.1) is 6.92 Å². The number of aryl methyl sites for hydroxylation is 1. The number of imidazole rings is 1. The average molecular weight is 348 g/mol. The van der Waals surface area contributed by atoms with Crippen molar-refractivity contribution in [1.82, 2.24) is 24.4 Å². The number of nitrogens with zero attached hydrogens (tertiary/aromatic N) is 6. The standard InChI is InChI=1S/C16H24N6OS/c1-13-11-22-15(17-13)24-16(18-22)21-9-7-19(8-10-21)12-14(23)20-5-3-2-4-6-20/h11H,2-10,12H2,1H3. The minimum Gasteiger partial charge on any atom is -0.344 e. The Morgan fingerprint density at radius 2 is 1.88 bits per heavy atom. The fraction of sp³-hybridized carbons (Fsp3) is 0.688. The Hall–Kier alpha value is -1.67. The number of hydrogen-bond donors (Lipinski definition) is 0. The molecule has 4 heterocycles. The molecule has 0 bridgehead atoms. The van der Waals surface area contributed by atoms with Gasteiger partial charge in [0.25, 0.3) is 0 Å². The number of hydrogen-bond acceptors (Lipinski definition) is 6. The van der Waals surface area contributed by atoms with E-state index >= 15 is 0 Å². The summed E-state index contributed by atoms with van der Waals surface area (Å²) >= 11 is 1.64. The van der Waals surface area contributed by atoms with Gasteiger partial charge in [0.1, 0.15) is 0 Å². The van der Waals surface area contributed by atoms with Crippen molar-refractivity contribution in [2.45, 2.75) is 26.2 Å². The van der Waals surface area contributed by atoms with Crippen molar-refractivity contribution in [1.29, 1.82) is 0 Å². The smallest absolute Gasteiger partial charge is 0.236 e. The molecular formula is C16H24N6OS. The summed E-state index contributed by atoms with van der Waals surface area (Å²) in [6, 6.07) is 0. The maximum absolute atomic E-state index is 12.4. The average Bonchev–Trinajstić information content (AvgIpc) is 3.13. The van der Waals surface area contributed by atoms with Crippen molar-refractivity contribution in [3.05, 3.63) is 11.9 Å². The largest absolute Gasteiger partial charge is 0.344 e. The molecule has 130 valence electrons. The Kier molecular flexibility index (Phi) is 4.41. The summed E-state index contributed by atoms with van der Waals surface area (Å²) in [5.74, 6) is 0.298. The van der Waals surface area contributed by atoms with Crippen molar-refractivity contribution in [2.24, 2.45) is 0 Å². The van der Waals surface area contributed by atoms with Gasteiger partial charge in [-0.25, -0.2) is 9.50 Å². The van der Waals surface area contributed by atoms with E-state index in [1.807, 2.05) is 22.5 Å². The maximum Gasteiger partial charge on any atom is 0.236 e.